The van der Waals surface area contributed by atoms with Crippen LogP contribution >= 0.6 is 0 Å². The van der Waals surface area contributed by atoms with Crippen LogP contribution in [0.3, 0.4) is 0 Å². The number of hydrogen-bond acceptors (Lipinski definition) is 5. The zero-order chi connectivity index (χ0) is 10.5. The first-order valence-corrected chi connectivity index (χ1v) is 4.36. The molecule has 2 aromatic heterocycles. The fraction of sp³-hybridized carbons (Fsp3) is 0.100. The molecule has 0 aliphatic heterocycles. The number of rotatable bonds is 3. The minimum Gasteiger partial charge on any atom is -0.472 e. The van der Waals surface area contributed by atoms with E-state index in [1.54, 1.807) is 24.8 Å². The Labute approximate surface area is 86.4 Å². The SMILES string of the molecule is N#Cc1ccnc(NCc2ccoc2)n1. The van der Waals surface area contributed by atoms with Crippen LogP contribution in [0.15, 0.2) is 35.3 Å². The van der Waals surface area contributed by atoms with Crippen molar-refractivity contribution >= 4 is 5.95 Å². The molecule has 0 amide bonds. The second-order valence-corrected chi connectivity index (χ2v) is 2.86. The molecule has 5 heteroatoms. The maximum Gasteiger partial charge on any atom is 0.224 e. The molecule has 0 fully saturated rings. The number of nitrogens with zero attached hydrogens (tertiary/aromatic N) is 3. The van der Waals surface area contributed by atoms with E-state index in [1.807, 2.05) is 12.1 Å². The largest absolute Gasteiger partial charge is 0.472 e. The zero-order valence-corrected chi connectivity index (χ0v) is 7.84. The third-order valence-electron chi connectivity index (χ3n) is 1.80. The van der Waals surface area contributed by atoms with Crippen molar-refractivity contribution in [2.24, 2.45) is 0 Å². The molecule has 74 valence electrons. The van der Waals surface area contributed by atoms with E-state index in [0.717, 1.165) is 5.56 Å². The van der Waals surface area contributed by atoms with Gasteiger partial charge in [-0.05, 0) is 12.1 Å². The van der Waals surface area contributed by atoms with Gasteiger partial charge in [-0.15, -0.1) is 0 Å². The Morgan fingerprint density at radius 1 is 1.47 bits per heavy atom. The van der Waals surface area contributed by atoms with Crippen LogP contribution < -0.4 is 5.32 Å². The van der Waals surface area contributed by atoms with Gasteiger partial charge in [-0.1, -0.05) is 0 Å². The first-order chi connectivity index (χ1) is 7.38. The van der Waals surface area contributed by atoms with Crippen molar-refractivity contribution in [1.29, 1.82) is 5.26 Å². The minimum atomic E-state index is 0.347. The predicted octanol–water partition coefficient (Wildman–Crippen LogP) is 1.55. The Bertz CT molecular complexity index is 472. The quantitative estimate of drug-likeness (QED) is 0.813. The maximum absolute atomic E-state index is 8.63. The number of anilines is 1. The molecular formula is C10H8N4O. The van der Waals surface area contributed by atoms with Gasteiger partial charge in [0.1, 0.15) is 11.8 Å². The molecule has 0 aliphatic carbocycles. The predicted molar refractivity (Wildman–Crippen MR) is 52.8 cm³/mol. The first kappa shape index (κ1) is 9.21. The molecule has 15 heavy (non-hydrogen) atoms. The summed E-state index contributed by atoms with van der Waals surface area (Å²) in [5, 5.41) is 11.6. The molecule has 0 aliphatic rings. The van der Waals surface area contributed by atoms with Crippen LogP contribution in [0.2, 0.25) is 0 Å². The lowest BCUT2D eigenvalue weighted by Gasteiger charge is -2.01. The van der Waals surface area contributed by atoms with E-state index < -0.39 is 0 Å². The van der Waals surface area contributed by atoms with Crippen LogP contribution in [0.4, 0.5) is 5.95 Å². The Morgan fingerprint density at radius 2 is 2.40 bits per heavy atom. The lowest BCUT2D eigenvalue weighted by molar-refractivity contribution is 0.564. The molecule has 0 saturated carbocycles. The van der Waals surface area contributed by atoms with Crippen LogP contribution in [-0.2, 0) is 6.54 Å². The zero-order valence-electron chi connectivity index (χ0n) is 7.84. The second kappa shape index (κ2) is 4.24. The normalized spacial score (nSPS) is 9.53. The van der Waals surface area contributed by atoms with Crippen molar-refractivity contribution in [2.75, 3.05) is 5.32 Å². The summed E-state index contributed by atoms with van der Waals surface area (Å²) in [6.07, 6.45) is 4.79. The van der Waals surface area contributed by atoms with E-state index in [2.05, 4.69) is 15.3 Å². The van der Waals surface area contributed by atoms with E-state index in [0.29, 0.717) is 18.2 Å². The fourth-order valence-electron chi connectivity index (χ4n) is 1.08. The Hall–Kier alpha value is -2.35. The highest BCUT2D eigenvalue weighted by molar-refractivity contribution is 5.30. The van der Waals surface area contributed by atoms with Gasteiger partial charge in [0, 0.05) is 18.3 Å². The highest BCUT2D eigenvalue weighted by atomic mass is 16.3. The summed E-state index contributed by atoms with van der Waals surface area (Å²) in [4.78, 5) is 7.96. The van der Waals surface area contributed by atoms with Crippen LogP contribution in [0.5, 0.6) is 0 Å². The number of hydrogen-bond donors (Lipinski definition) is 1. The third kappa shape index (κ3) is 2.31. The molecule has 0 spiro atoms. The van der Waals surface area contributed by atoms with Gasteiger partial charge in [0.25, 0.3) is 0 Å². The van der Waals surface area contributed by atoms with Crippen molar-refractivity contribution < 1.29 is 4.42 Å². The third-order valence-corrected chi connectivity index (χ3v) is 1.80. The number of furan rings is 1. The summed E-state index contributed by atoms with van der Waals surface area (Å²) in [5.41, 5.74) is 1.35. The smallest absolute Gasteiger partial charge is 0.224 e. The van der Waals surface area contributed by atoms with Crippen molar-refractivity contribution in [2.45, 2.75) is 6.54 Å². The summed E-state index contributed by atoms with van der Waals surface area (Å²) in [6.45, 7) is 0.575. The van der Waals surface area contributed by atoms with Gasteiger partial charge in [0.05, 0.1) is 12.5 Å². The Balaban J connectivity index is 2.02. The van der Waals surface area contributed by atoms with Gasteiger partial charge >= 0.3 is 0 Å². The standard InChI is InChI=1S/C10H8N4O/c11-5-9-1-3-12-10(14-9)13-6-8-2-4-15-7-8/h1-4,7H,6H2,(H,12,13,14). The molecule has 0 atom stereocenters. The van der Waals surface area contributed by atoms with Gasteiger partial charge in [-0.2, -0.15) is 5.26 Å². The lowest BCUT2D eigenvalue weighted by Crippen LogP contribution is -2.03. The van der Waals surface area contributed by atoms with Gasteiger partial charge in [-0.25, -0.2) is 9.97 Å². The molecule has 0 aromatic carbocycles. The molecule has 0 saturated heterocycles. The van der Waals surface area contributed by atoms with Crippen LogP contribution in [-0.4, -0.2) is 9.97 Å². The molecule has 0 unspecified atom stereocenters. The maximum atomic E-state index is 8.63. The Morgan fingerprint density at radius 3 is 3.13 bits per heavy atom. The summed E-state index contributed by atoms with van der Waals surface area (Å²) < 4.78 is 4.91. The summed E-state index contributed by atoms with van der Waals surface area (Å²) in [6, 6.07) is 5.36. The molecule has 2 heterocycles. The number of nitrogens with one attached hydrogen (secondary N) is 1. The summed E-state index contributed by atoms with van der Waals surface area (Å²) in [5.74, 6) is 0.440. The molecular weight excluding hydrogens is 192 g/mol. The molecule has 1 N–H and O–H groups in total. The molecule has 0 bridgehead atoms. The highest BCUT2D eigenvalue weighted by Gasteiger charge is 1.98. The van der Waals surface area contributed by atoms with Gasteiger partial charge in [0.2, 0.25) is 5.95 Å². The minimum absolute atomic E-state index is 0.347. The van der Waals surface area contributed by atoms with E-state index in [-0.39, 0.29) is 0 Å². The molecule has 0 radical (unpaired) electrons. The van der Waals surface area contributed by atoms with E-state index in [9.17, 15) is 0 Å². The average molecular weight is 200 g/mol. The fourth-order valence-corrected chi connectivity index (χ4v) is 1.08. The first-order valence-electron chi connectivity index (χ1n) is 4.36. The monoisotopic (exact) mass is 200 g/mol. The molecule has 2 aromatic rings. The second-order valence-electron chi connectivity index (χ2n) is 2.86. The van der Waals surface area contributed by atoms with E-state index in [1.165, 1.54) is 0 Å². The summed E-state index contributed by atoms with van der Waals surface area (Å²) in [7, 11) is 0. The molecule has 2 rings (SSSR count). The lowest BCUT2D eigenvalue weighted by atomic mass is 10.3. The highest BCUT2D eigenvalue weighted by Crippen LogP contribution is 2.04. The van der Waals surface area contributed by atoms with Crippen LogP contribution in [0.25, 0.3) is 0 Å². The molecule has 5 nitrogen and oxygen atoms in total. The van der Waals surface area contributed by atoms with Crippen molar-refractivity contribution in [3.8, 4) is 6.07 Å². The van der Waals surface area contributed by atoms with Crippen molar-refractivity contribution in [3.05, 3.63) is 42.1 Å². The van der Waals surface area contributed by atoms with Gasteiger partial charge in [-0.3, -0.25) is 0 Å². The number of aromatic nitrogens is 2. The summed E-state index contributed by atoms with van der Waals surface area (Å²) >= 11 is 0. The van der Waals surface area contributed by atoms with Crippen LogP contribution in [0.1, 0.15) is 11.3 Å². The Kier molecular flexibility index (Phi) is 2.61. The van der Waals surface area contributed by atoms with Gasteiger partial charge < -0.3 is 9.73 Å². The number of nitriles is 1. The van der Waals surface area contributed by atoms with Crippen molar-refractivity contribution in [1.82, 2.24) is 9.97 Å². The van der Waals surface area contributed by atoms with Gasteiger partial charge in [0.15, 0.2) is 0 Å². The van der Waals surface area contributed by atoms with Crippen LogP contribution in [0, 0.1) is 11.3 Å². The topological polar surface area (TPSA) is 74.7 Å². The van der Waals surface area contributed by atoms with E-state index in [4.69, 9.17) is 9.68 Å². The average Bonchev–Trinajstić information content (AvgIpc) is 2.79. The van der Waals surface area contributed by atoms with E-state index >= 15 is 0 Å². The van der Waals surface area contributed by atoms with Crippen molar-refractivity contribution in [3.63, 3.8) is 0 Å².